The van der Waals surface area contributed by atoms with Crippen molar-refractivity contribution < 1.29 is 0 Å². The minimum atomic E-state index is 0.786. The van der Waals surface area contributed by atoms with Crippen LogP contribution >= 0.6 is 0 Å². The SMILES string of the molecule is CCN(C)CCC(C)C1CCCCN1. The van der Waals surface area contributed by atoms with Crippen molar-refractivity contribution in [3.63, 3.8) is 0 Å². The molecular formula is C12H26N2. The first kappa shape index (κ1) is 12.0. The Morgan fingerprint density at radius 2 is 2.21 bits per heavy atom. The molecule has 1 rings (SSSR count). The molecule has 2 atom stereocenters. The quantitative estimate of drug-likeness (QED) is 0.728. The van der Waals surface area contributed by atoms with Gasteiger partial charge in [-0.15, -0.1) is 0 Å². The zero-order chi connectivity index (χ0) is 10.4. The van der Waals surface area contributed by atoms with Crippen LogP contribution in [-0.2, 0) is 0 Å². The Hall–Kier alpha value is -0.0800. The second-order valence-corrected chi connectivity index (χ2v) is 4.72. The van der Waals surface area contributed by atoms with Crippen LogP contribution in [0.15, 0.2) is 0 Å². The molecule has 84 valence electrons. The zero-order valence-electron chi connectivity index (χ0n) is 10.1. The maximum Gasteiger partial charge on any atom is 0.00931 e. The average molecular weight is 198 g/mol. The van der Waals surface area contributed by atoms with Gasteiger partial charge in [0.05, 0.1) is 0 Å². The summed E-state index contributed by atoms with van der Waals surface area (Å²) in [5.74, 6) is 0.837. The summed E-state index contributed by atoms with van der Waals surface area (Å²) in [7, 11) is 2.21. The molecule has 1 aliphatic rings. The summed E-state index contributed by atoms with van der Waals surface area (Å²) in [6.45, 7) is 8.27. The Morgan fingerprint density at radius 1 is 1.43 bits per heavy atom. The molecule has 0 amide bonds. The van der Waals surface area contributed by atoms with Gasteiger partial charge in [0.1, 0.15) is 0 Å². The van der Waals surface area contributed by atoms with Crippen molar-refractivity contribution in [1.82, 2.24) is 10.2 Å². The number of piperidine rings is 1. The highest BCUT2D eigenvalue weighted by Crippen LogP contribution is 2.17. The lowest BCUT2D eigenvalue weighted by Crippen LogP contribution is -2.39. The number of rotatable bonds is 5. The third-order valence-corrected chi connectivity index (χ3v) is 3.54. The average Bonchev–Trinajstić information content (AvgIpc) is 2.26. The molecule has 0 radical (unpaired) electrons. The number of hydrogen-bond acceptors (Lipinski definition) is 2. The molecule has 1 heterocycles. The van der Waals surface area contributed by atoms with Crippen molar-refractivity contribution in [2.45, 2.75) is 45.6 Å². The van der Waals surface area contributed by atoms with Crippen molar-refractivity contribution in [2.75, 3.05) is 26.7 Å². The standard InChI is InChI=1S/C12H26N2/c1-4-14(3)10-8-11(2)12-7-5-6-9-13-12/h11-13H,4-10H2,1-3H3. The smallest absolute Gasteiger partial charge is 0.00931 e. The maximum atomic E-state index is 3.64. The zero-order valence-corrected chi connectivity index (χ0v) is 10.1. The molecule has 1 N–H and O–H groups in total. The van der Waals surface area contributed by atoms with Crippen LogP contribution in [0, 0.1) is 5.92 Å². The van der Waals surface area contributed by atoms with E-state index in [2.05, 4.69) is 31.1 Å². The van der Waals surface area contributed by atoms with Gasteiger partial charge in [-0.25, -0.2) is 0 Å². The van der Waals surface area contributed by atoms with Crippen molar-refractivity contribution in [1.29, 1.82) is 0 Å². The Bertz CT molecular complexity index is 141. The van der Waals surface area contributed by atoms with Crippen LogP contribution in [0.4, 0.5) is 0 Å². The van der Waals surface area contributed by atoms with Crippen LogP contribution in [0.25, 0.3) is 0 Å². The molecule has 0 aromatic heterocycles. The molecule has 1 saturated heterocycles. The number of nitrogens with zero attached hydrogens (tertiary/aromatic N) is 1. The van der Waals surface area contributed by atoms with Gasteiger partial charge in [-0.2, -0.15) is 0 Å². The van der Waals surface area contributed by atoms with E-state index in [1.807, 2.05) is 0 Å². The van der Waals surface area contributed by atoms with Gasteiger partial charge >= 0.3 is 0 Å². The van der Waals surface area contributed by atoms with Crippen molar-refractivity contribution in [2.24, 2.45) is 5.92 Å². The van der Waals surface area contributed by atoms with Crippen LogP contribution in [0.1, 0.15) is 39.5 Å². The monoisotopic (exact) mass is 198 g/mol. The predicted molar refractivity (Wildman–Crippen MR) is 62.6 cm³/mol. The Balaban J connectivity index is 2.16. The fraction of sp³-hybridized carbons (Fsp3) is 1.00. The highest BCUT2D eigenvalue weighted by Gasteiger charge is 2.19. The Morgan fingerprint density at radius 3 is 2.79 bits per heavy atom. The van der Waals surface area contributed by atoms with Crippen molar-refractivity contribution in [3.8, 4) is 0 Å². The van der Waals surface area contributed by atoms with Crippen LogP contribution in [0.2, 0.25) is 0 Å². The summed E-state index contributed by atoms with van der Waals surface area (Å²) in [4.78, 5) is 2.40. The molecule has 0 spiro atoms. The minimum absolute atomic E-state index is 0.786. The summed E-state index contributed by atoms with van der Waals surface area (Å²) in [5, 5.41) is 3.64. The molecule has 2 heteroatoms. The van der Waals surface area contributed by atoms with E-state index < -0.39 is 0 Å². The highest BCUT2D eigenvalue weighted by molar-refractivity contribution is 4.77. The van der Waals surface area contributed by atoms with Crippen LogP contribution < -0.4 is 5.32 Å². The third-order valence-electron chi connectivity index (χ3n) is 3.54. The normalized spacial score (nSPS) is 25.3. The second kappa shape index (κ2) is 6.41. The van der Waals surface area contributed by atoms with Gasteiger partial charge in [-0.1, -0.05) is 20.3 Å². The van der Waals surface area contributed by atoms with Crippen molar-refractivity contribution >= 4 is 0 Å². The molecule has 0 aliphatic carbocycles. The van der Waals surface area contributed by atoms with Crippen LogP contribution in [0.3, 0.4) is 0 Å². The summed E-state index contributed by atoms with van der Waals surface area (Å²) in [6.07, 6.45) is 5.52. The molecule has 0 saturated carbocycles. The van der Waals surface area contributed by atoms with Gasteiger partial charge in [0.2, 0.25) is 0 Å². The lowest BCUT2D eigenvalue weighted by molar-refractivity contribution is 0.258. The first-order valence-corrected chi connectivity index (χ1v) is 6.16. The van der Waals surface area contributed by atoms with Crippen molar-refractivity contribution in [3.05, 3.63) is 0 Å². The third kappa shape index (κ3) is 3.97. The van der Waals surface area contributed by atoms with E-state index >= 15 is 0 Å². The van der Waals surface area contributed by atoms with E-state index in [4.69, 9.17) is 0 Å². The van der Waals surface area contributed by atoms with Gasteiger partial charge in [0, 0.05) is 6.04 Å². The Labute approximate surface area is 89.1 Å². The molecule has 1 fully saturated rings. The van der Waals surface area contributed by atoms with Gasteiger partial charge in [-0.3, -0.25) is 0 Å². The first-order chi connectivity index (χ1) is 6.74. The van der Waals surface area contributed by atoms with Gasteiger partial charge in [0.15, 0.2) is 0 Å². The highest BCUT2D eigenvalue weighted by atomic mass is 15.1. The molecule has 0 aromatic carbocycles. The fourth-order valence-corrected chi connectivity index (χ4v) is 2.15. The van der Waals surface area contributed by atoms with E-state index in [1.165, 1.54) is 45.3 Å². The second-order valence-electron chi connectivity index (χ2n) is 4.72. The first-order valence-electron chi connectivity index (χ1n) is 6.16. The molecule has 14 heavy (non-hydrogen) atoms. The molecule has 0 aromatic rings. The summed E-state index contributed by atoms with van der Waals surface area (Å²) >= 11 is 0. The summed E-state index contributed by atoms with van der Waals surface area (Å²) in [5.41, 5.74) is 0. The molecule has 1 aliphatic heterocycles. The van der Waals surface area contributed by atoms with Crippen LogP contribution in [0.5, 0.6) is 0 Å². The van der Waals surface area contributed by atoms with E-state index in [9.17, 15) is 0 Å². The minimum Gasteiger partial charge on any atom is -0.314 e. The van der Waals surface area contributed by atoms with E-state index in [0.717, 1.165) is 12.0 Å². The topological polar surface area (TPSA) is 15.3 Å². The molecule has 2 nitrogen and oxygen atoms in total. The lowest BCUT2D eigenvalue weighted by Gasteiger charge is -2.30. The molecule has 2 unspecified atom stereocenters. The van der Waals surface area contributed by atoms with Gasteiger partial charge in [0.25, 0.3) is 0 Å². The summed E-state index contributed by atoms with van der Waals surface area (Å²) < 4.78 is 0. The molecular weight excluding hydrogens is 172 g/mol. The van der Waals surface area contributed by atoms with Gasteiger partial charge < -0.3 is 10.2 Å². The van der Waals surface area contributed by atoms with E-state index in [-0.39, 0.29) is 0 Å². The van der Waals surface area contributed by atoms with E-state index in [1.54, 1.807) is 0 Å². The summed E-state index contributed by atoms with van der Waals surface area (Å²) in [6, 6.07) is 0.786. The van der Waals surface area contributed by atoms with E-state index in [0.29, 0.717) is 0 Å². The predicted octanol–water partition coefficient (Wildman–Crippen LogP) is 2.11. The Kier molecular flexibility index (Phi) is 5.49. The molecule has 0 bridgehead atoms. The maximum absolute atomic E-state index is 3.64. The lowest BCUT2D eigenvalue weighted by atomic mass is 9.91. The number of hydrogen-bond donors (Lipinski definition) is 1. The van der Waals surface area contributed by atoms with Gasteiger partial charge in [-0.05, 0) is 51.9 Å². The largest absolute Gasteiger partial charge is 0.314 e. The van der Waals surface area contributed by atoms with Crippen LogP contribution in [-0.4, -0.2) is 37.6 Å². The fourth-order valence-electron chi connectivity index (χ4n) is 2.15. The number of nitrogens with one attached hydrogen (secondary N) is 1.